The van der Waals surface area contributed by atoms with Gasteiger partial charge in [-0.25, -0.2) is 4.98 Å². The number of nitrogens with zero attached hydrogens (tertiary/aromatic N) is 2. The van der Waals surface area contributed by atoms with E-state index in [-0.39, 0.29) is 11.8 Å². The number of aryl methyl sites for hydroxylation is 1. The highest BCUT2D eigenvalue weighted by atomic mass is 16.5. The molecule has 2 heterocycles. The van der Waals surface area contributed by atoms with Gasteiger partial charge in [0.05, 0.1) is 24.8 Å². The van der Waals surface area contributed by atoms with Crippen LogP contribution in [0.2, 0.25) is 0 Å². The first-order valence-electron chi connectivity index (χ1n) is 8.18. The Balaban J connectivity index is 1.54. The molecule has 1 aromatic heterocycles. The standard InChI is InChI=1S/C18H20N4O3/c23-17(6-8-22-9-7-19-13-22)20-15-4-1-5-16(11-15)21-18(24)14-3-2-10-25-12-14/h1,4-5,7,9,11-13H,2-3,6,8,10H2,(H,20,23)(H,21,24). The molecule has 3 rings (SSSR count). The zero-order valence-electron chi connectivity index (χ0n) is 13.8. The van der Waals surface area contributed by atoms with Crippen LogP contribution in [-0.4, -0.2) is 28.0 Å². The van der Waals surface area contributed by atoms with Gasteiger partial charge in [0, 0.05) is 36.7 Å². The third-order valence-corrected chi connectivity index (χ3v) is 3.79. The quantitative estimate of drug-likeness (QED) is 0.846. The molecular weight excluding hydrogens is 320 g/mol. The number of amides is 2. The van der Waals surface area contributed by atoms with Gasteiger partial charge in [-0.1, -0.05) is 6.07 Å². The summed E-state index contributed by atoms with van der Waals surface area (Å²) in [5, 5.41) is 5.66. The number of carbonyl (C=O) groups is 2. The number of hydrogen-bond acceptors (Lipinski definition) is 4. The van der Waals surface area contributed by atoms with Crippen LogP contribution in [0.15, 0.2) is 54.8 Å². The highest BCUT2D eigenvalue weighted by Gasteiger charge is 2.13. The number of ether oxygens (including phenoxy) is 1. The molecule has 0 radical (unpaired) electrons. The van der Waals surface area contributed by atoms with Gasteiger partial charge in [-0.3, -0.25) is 9.59 Å². The van der Waals surface area contributed by atoms with Crippen molar-refractivity contribution < 1.29 is 14.3 Å². The molecule has 2 amide bonds. The maximum Gasteiger partial charge on any atom is 0.254 e. The summed E-state index contributed by atoms with van der Waals surface area (Å²) in [6.07, 6.45) is 8.57. The zero-order valence-corrected chi connectivity index (χ0v) is 13.8. The molecule has 0 atom stereocenters. The smallest absolute Gasteiger partial charge is 0.254 e. The fraction of sp³-hybridized carbons (Fsp3) is 0.278. The Morgan fingerprint density at radius 3 is 2.80 bits per heavy atom. The molecule has 0 bridgehead atoms. The summed E-state index contributed by atoms with van der Waals surface area (Å²) in [5.74, 6) is -0.274. The summed E-state index contributed by atoms with van der Waals surface area (Å²) in [6.45, 7) is 1.22. The summed E-state index contributed by atoms with van der Waals surface area (Å²) in [6, 6.07) is 7.08. The van der Waals surface area contributed by atoms with Crippen LogP contribution in [0.3, 0.4) is 0 Å². The largest absolute Gasteiger partial charge is 0.501 e. The molecular formula is C18H20N4O3. The summed E-state index contributed by atoms with van der Waals surface area (Å²) in [4.78, 5) is 28.1. The predicted molar refractivity (Wildman–Crippen MR) is 93.8 cm³/mol. The van der Waals surface area contributed by atoms with Crippen molar-refractivity contribution in [2.24, 2.45) is 0 Å². The van der Waals surface area contributed by atoms with Gasteiger partial charge in [0.25, 0.3) is 5.91 Å². The lowest BCUT2D eigenvalue weighted by Gasteiger charge is -2.14. The average molecular weight is 340 g/mol. The first-order valence-corrected chi connectivity index (χ1v) is 8.18. The first-order chi connectivity index (χ1) is 12.2. The molecule has 2 aromatic rings. The van der Waals surface area contributed by atoms with E-state index in [1.807, 2.05) is 10.8 Å². The van der Waals surface area contributed by atoms with Crippen LogP contribution in [0.5, 0.6) is 0 Å². The number of imidazole rings is 1. The molecule has 1 aliphatic heterocycles. The van der Waals surface area contributed by atoms with Crippen LogP contribution in [0.1, 0.15) is 19.3 Å². The second kappa shape index (κ2) is 8.14. The normalized spacial score (nSPS) is 13.5. The Morgan fingerprint density at radius 2 is 2.08 bits per heavy atom. The first kappa shape index (κ1) is 16.8. The Hall–Kier alpha value is -3.09. The van der Waals surface area contributed by atoms with Crippen molar-refractivity contribution in [3.63, 3.8) is 0 Å². The number of rotatable bonds is 6. The van der Waals surface area contributed by atoms with E-state index in [4.69, 9.17) is 4.74 Å². The number of anilines is 2. The molecule has 0 unspecified atom stereocenters. The molecule has 0 spiro atoms. The topological polar surface area (TPSA) is 85.3 Å². The van der Waals surface area contributed by atoms with Crippen LogP contribution in [-0.2, 0) is 20.9 Å². The third-order valence-electron chi connectivity index (χ3n) is 3.79. The second-order valence-electron chi connectivity index (χ2n) is 5.75. The van der Waals surface area contributed by atoms with E-state index in [0.29, 0.717) is 42.9 Å². The lowest BCUT2D eigenvalue weighted by molar-refractivity contribution is -0.116. The number of aromatic nitrogens is 2. The highest BCUT2D eigenvalue weighted by molar-refractivity contribution is 6.04. The monoisotopic (exact) mass is 340 g/mol. The van der Waals surface area contributed by atoms with Crippen LogP contribution < -0.4 is 10.6 Å². The van der Waals surface area contributed by atoms with E-state index in [1.165, 1.54) is 6.26 Å². The molecule has 0 saturated heterocycles. The van der Waals surface area contributed by atoms with Gasteiger partial charge in [-0.05, 0) is 31.0 Å². The van der Waals surface area contributed by atoms with Gasteiger partial charge in [0.15, 0.2) is 0 Å². The molecule has 0 saturated carbocycles. The van der Waals surface area contributed by atoms with E-state index in [1.54, 1.807) is 36.8 Å². The molecule has 7 nitrogen and oxygen atoms in total. The summed E-state index contributed by atoms with van der Waals surface area (Å²) in [5.41, 5.74) is 1.90. The van der Waals surface area contributed by atoms with Gasteiger partial charge in [0.2, 0.25) is 5.91 Å². The Morgan fingerprint density at radius 1 is 1.24 bits per heavy atom. The van der Waals surface area contributed by atoms with Crippen molar-refractivity contribution in [2.45, 2.75) is 25.8 Å². The molecule has 7 heteroatoms. The van der Waals surface area contributed by atoms with Gasteiger partial charge in [0.1, 0.15) is 0 Å². The molecule has 1 aliphatic rings. The van der Waals surface area contributed by atoms with Gasteiger partial charge in [-0.15, -0.1) is 0 Å². The van der Waals surface area contributed by atoms with E-state index in [2.05, 4.69) is 15.6 Å². The fourth-order valence-corrected chi connectivity index (χ4v) is 2.49. The number of hydrogen-bond donors (Lipinski definition) is 2. The van der Waals surface area contributed by atoms with E-state index < -0.39 is 0 Å². The van der Waals surface area contributed by atoms with Crippen LogP contribution in [0.4, 0.5) is 11.4 Å². The van der Waals surface area contributed by atoms with Crippen molar-refractivity contribution >= 4 is 23.2 Å². The van der Waals surface area contributed by atoms with Crippen molar-refractivity contribution in [3.8, 4) is 0 Å². The third kappa shape index (κ3) is 4.94. The molecule has 1 aromatic carbocycles. The minimum Gasteiger partial charge on any atom is -0.501 e. The Bertz CT molecular complexity index is 768. The second-order valence-corrected chi connectivity index (χ2v) is 5.75. The minimum absolute atomic E-state index is 0.0967. The van der Waals surface area contributed by atoms with E-state index >= 15 is 0 Å². The van der Waals surface area contributed by atoms with Crippen molar-refractivity contribution in [2.75, 3.05) is 17.2 Å². The maximum atomic E-state index is 12.2. The van der Waals surface area contributed by atoms with Crippen LogP contribution >= 0.6 is 0 Å². The molecule has 2 N–H and O–H groups in total. The van der Waals surface area contributed by atoms with Crippen molar-refractivity contribution in [1.29, 1.82) is 0 Å². The Kier molecular flexibility index (Phi) is 5.46. The molecule has 25 heavy (non-hydrogen) atoms. The van der Waals surface area contributed by atoms with Gasteiger partial charge < -0.3 is 19.9 Å². The summed E-state index contributed by atoms with van der Waals surface area (Å²) >= 11 is 0. The molecule has 0 aliphatic carbocycles. The number of nitrogens with one attached hydrogen (secondary N) is 2. The molecule has 0 fully saturated rings. The fourth-order valence-electron chi connectivity index (χ4n) is 2.49. The average Bonchev–Trinajstić information content (AvgIpc) is 3.15. The maximum absolute atomic E-state index is 12.2. The number of benzene rings is 1. The summed E-state index contributed by atoms with van der Waals surface area (Å²) < 4.78 is 7.03. The summed E-state index contributed by atoms with van der Waals surface area (Å²) in [7, 11) is 0. The van der Waals surface area contributed by atoms with Crippen molar-refractivity contribution in [3.05, 3.63) is 54.8 Å². The molecule has 130 valence electrons. The SMILES string of the molecule is O=C(CCn1ccnc1)Nc1cccc(NC(=O)C2=COCCC2)c1. The Labute approximate surface area is 145 Å². The van der Waals surface area contributed by atoms with E-state index in [9.17, 15) is 9.59 Å². The predicted octanol–water partition coefficient (Wildman–Crippen LogP) is 2.54. The van der Waals surface area contributed by atoms with Crippen molar-refractivity contribution in [1.82, 2.24) is 9.55 Å². The highest BCUT2D eigenvalue weighted by Crippen LogP contribution is 2.18. The van der Waals surface area contributed by atoms with E-state index in [0.717, 1.165) is 6.42 Å². The lowest BCUT2D eigenvalue weighted by Crippen LogP contribution is -2.18. The number of carbonyl (C=O) groups excluding carboxylic acids is 2. The lowest BCUT2D eigenvalue weighted by atomic mass is 10.1. The van der Waals surface area contributed by atoms with Gasteiger partial charge in [-0.2, -0.15) is 0 Å². The van der Waals surface area contributed by atoms with Crippen LogP contribution in [0, 0.1) is 0 Å². The van der Waals surface area contributed by atoms with Crippen LogP contribution in [0.25, 0.3) is 0 Å². The van der Waals surface area contributed by atoms with Gasteiger partial charge >= 0.3 is 0 Å². The zero-order chi connectivity index (χ0) is 17.5. The minimum atomic E-state index is -0.178.